The number of hydrogen-bond acceptors (Lipinski definition) is 5. The van der Waals surface area contributed by atoms with Crippen molar-refractivity contribution < 1.29 is 13.9 Å². The number of rotatable bonds is 4. The van der Waals surface area contributed by atoms with Crippen molar-refractivity contribution in [3.8, 4) is 5.88 Å². The number of nitrogens with one attached hydrogen (secondary N) is 1. The van der Waals surface area contributed by atoms with Gasteiger partial charge in [0.25, 0.3) is 11.8 Å². The fourth-order valence-corrected chi connectivity index (χ4v) is 2.61. The van der Waals surface area contributed by atoms with Gasteiger partial charge >= 0.3 is 0 Å². The van der Waals surface area contributed by atoms with E-state index in [2.05, 4.69) is 15.0 Å². The first-order valence-electron chi connectivity index (χ1n) is 7.72. The molecule has 1 aliphatic rings. The van der Waals surface area contributed by atoms with E-state index in [4.69, 9.17) is 4.74 Å². The lowest BCUT2D eigenvalue weighted by Gasteiger charge is -2.17. The van der Waals surface area contributed by atoms with Crippen LogP contribution in [-0.2, 0) is 6.42 Å². The third kappa shape index (κ3) is 3.27. The summed E-state index contributed by atoms with van der Waals surface area (Å²) < 4.78 is 19.7. The molecule has 1 fully saturated rings. The molecule has 24 heavy (non-hydrogen) atoms. The highest BCUT2D eigenvalue weighted by Crippen LogP contribution is 2.21. The van der Waals surface area contributed by atoms with Gasteiger partial charge in [0, 0.05) is 25.2 Å². The molecule has 0 bridgehead atoms. The third-order valence-electron chi connectivity index (χ3n) is 3.91. The third-order valence-corrected chi connectivity index (χ3v) is 3.91. The van der Waals surface area contributed by atoms with E-state index in [1.807, 2.05) is 0 Å². The van der Waals surface area contributed by atoms with Crippen molar-refractivity contribution in [3.05, 3.63) is 52.1 Å². The Labute approximate surface area is 137 Å². The zero-order valence-electron chi connectivity index (χ0n) is 13.2. The molecule has 0 aliphatic carbocycles. The van der Waals surface area contributed by atoms with Crippen LogP contribution >= 0.6 is 0 Å². The minimum Gasteiger partial charge on any atom is -0.470 e. The number of carbonyl (C=O) groups excluding carboxylic acids is 1. The SMILES string of the molecule is CCc1ncnc(O[C@@H]2CCN(C(=O)c3ccc(=O)[nH]c3)C2)c1F. The van der Waals surface area contributed by atoms with Gasteiger partial charge in [0.15, 0.2) is 0 Å². The standard InChI is InChI=1S/C16H17FN4O3/c1-2-12-14(17)15(20-9-19-12)24-11-5-6-21(8-11)16(23)10-3-4-13(22)18-7-10/h3-4,7,9,11H,2,5-6,8H2,1H3,(H,18,22)/t11-/m1/s1. The number of nitrogens with zero attached hydrogens (tertiary/aromatic N) is 3. The Bertz CT molecular complexity index is 788. The van der Waals surface area contributed by atoms with Crippen molar-refractivity contribution in [1.29, 1.82) is 0 Å². The number of pyridine rings is 1. The van der Waals surface area contributed by atoms with Crippen molar-refractivity contribution in [2.24, 2.45) is 0 Å². The number of aromatic amines is 1. The first-order valence-corrected chi connectivity index (χ1v) is 7.72. The number of H-pyrrole nitrogens is 1. The van der Waals surface area contributed by atoms with E-state index in [-0.39, 0.29) is 23.5 Å². The molecule has 0 spiro atoms. The molecule has 1 N–H and O–H groups in total. The molecule has 126 valence electrons. The number of ether oxygens (including phenoxy) is 1. The molecule has 0 unspecified atom stereocenters. The number of hydrogen-bond donors (Lipinski definition) is 1. The summed E-state index contributed by atoms with van der Waals surface area (Å²) in [6, 6.07) is 2.78. The van der Waals surface area contributed by atoms with E-state index in [1.165, 1.54) is 24.7 Å². The van der Waals surface area contributed by atoms with Gasteiger partial charge in [-0.3, -0.25) is 9.59 Å². The topological polar surface area (TPSA) is 88.2 Å². The van der Waals surface area contributed by atoms with Gasteiger partial charge in [-0.25, -0.2) is 4.98 Å². The van der Waals surface area contributed by atoms with Crippen LogP contribution < -0.4 is 10.3 Å². The Morgan fingerprint density at radius 1 is 1.46 bits per heavy atom. The summed E-state index contributed by atoms with van der Waals surface area (Å²) in [5.74, 6) is -0.828. The van der Waals surface area contributed by atoms with E-state index in [1.54, 1.807) is 11.8 Å². The maximum Gasteiger partial charge on any atom is 0.255 e. The minimum atomic E-state index is -0.551. The lowest BCUT2D eigenvalue weighted by Crippen LogP contribution is -2.31. The molecule has 3 rings (SSSR count). The van der Waals surface area contributed by atoms with Gasteiger partial charge in [-0.1, -0.05) is 6.92 Å². The van der Waals surface area contributed by atoms with E-state index in [0.717, 1.165) is 0 Å². The van der Waals surface area contributed by atoms with Crippen LogP contribution in [0.1, 0.15) is 29.4 Å². The molecule has 2 aromatic heterocycles. The highest BCUT2D eigenvalue weighted by atomic mass is 19.1. The summed E-state index contributed by atoms with van der Waals surface area (Å²) >= 11 is 0. The molecule has 1 atom stereocenters. The minimum absolute atomic E-state index is 0.0785. The van der Waals surface area contributed by atoms with E-state index < -0.39 is 5.82 Å². The normalized spacial score (nSPS) is 17.1. The lowest BCUT2D eigenvalue weighted by atomic mass is 10.2. The number of aryl methyl sites for hydroxylation is 1. The predicted octanol–water partition coefficient (Wildman–Crippen LogP) is 1.16. The van der Waals surface area contributed by atoms with Gasteiger partial charge in [0.2, 0.25) is 11.4 Å². The molecular formula is C16H17FN4O3. The fourth-order valence-electron chi connectivity index (χ4n) is 2.61. The molecular weight excluding hydrogens is 315 g/mol. The number of amides is 1. The van der Waals surface area contributed by atoms with Gasteiger partial charge in [0.1, 0.15) is 12.4 Å². The summed E-state index contributed by atoms with van der Waals surface area (Å²) in [6.07, 6.45) is 3.36. The fraction of sp³-hybridized carbons (Fsp3) is 0.375. The Hall–Kier alpha value is -2.77. The summed E-state index contributed by atoms with van der Waals surface area (Å²) in [6.45, 7) is 2.63. The highest BCUT2D eigenvalue weighted by molar-refractivity contribution is 5.94. The van der Waals surface area contributed by atoms with Crippen molar-refractivity contribution in [2.45, 2.75) is 25.9 Å². The molecule has 1 saturated heterocycles. The average Bonchev–Trinajstić information content (AvgIpc) is 3.05. The van der Waals surface area contributed by atoms with E-state index in [0.29, 0.717) is 37.2 Å². The molecule has 3 heterocycles. The molecule has 1 aliphatic heterocycles. The van der Waals surface area contributed by atoms with Gasteiger partial charge in [-0.05, 0) is 12.5 Å². The smallest absolute Gasteiger partial charge is 0.255 e. The van der Waals surface area contributed by atoms with Crippen LogP contribution in [0.3, 0.4) is 0 Å². The number of carbonyl (C=O) groups is 1. The van der Waals surface area contributed by atoms with Crippen molar-refractivity contribution >= 4 is 5.91 Å². The second-order valence-electron chi connectivity index (χ2n) is 5.51. The largest absolute Gasteiger partial charge is 0.470 e. The maximum absolute atomic E-state index is 14.1. The molecule has 0 saturated carbocycles. The van der Waals surface area contributed by atoms with Crippen LogP contribution in [0.25, 0.3) is 0 Å². The maximum atomic E-state index is 14.1. The van der Waals surface area contributed by atoms with Crippen molar-refractivity contribution in [2.75, 3.05) is 13.1 Å². The Kier molecular flexibility index (Phi) is 4.54. The quantitative estimate of drug-likeness (QED) is 0.908. The summed E-state index contributed by atoms with van der Waals surface area (Å²) in [5, 5.41) is 0. The molecule has 1 amide bonds. The number of likely N-dealkylation sites (tertiary alicyclic amines) is 1. The van der Waals surface area contributed by atoms with Gasteiger partial charge in [-0.15, -0.1) is 0 Å². The molecule has 8 heteroatoms. The molecule has 0 radical (unpaired) electrons. The van der Waals surface area contributed by atoms with Crippen molar-refractivity contribution in [3.63, 3.8) is 0 Å². The van der Waals surface area contributed by atoms with Crippen LogP contribution in [0.4, 0.5) is 4.39 Å². The summed E-state index contributed by atoms with van der Waals surface area (Å²) in [5.41, 5.74) is 0.441. The first kappa shape index (κ1) is 16.1. The Morgan fingerprint density at radius 3 is 3.00 bits per heavy atom. The van der Waals surface area contributed by atoms with E-state index >= 15 is 0 Å². The van der Waals surface area contributed by atoms with Crippen LogP contribution in [0.2, 0.25) is 0 Å². The first-order chi connectivity index (χ1) is 11.6. The molecule has 0 aromatic carbocycles. The molecule has 2 aromatic rings. The van der Waals surface area contributed by atoms with Crippen molar-refractivity contribution in [1.82, 2.24) is 19.9 Å². The zero-order chi connectivity index (χ0) is 17.1. The van der Waals surface area contributed by atoms with Crippen LogP contribution in [0.15, 0.2) is 29.5 Å². The number of halogens is 1. The lowest BCUT2D eigenvalue weighted by molar-refractivity contribution is 0.0769. The van der Waals surface area contributed by atoms with Crippen LogP contribution in [-0.4, -0.2) is 45.0 Å². The highest BCUT2D eigenvalue weighted by Gasteiger charge is 2.29. The predicted molar refractivity (Wildman–Crippen MR) is 83.4 cm³/mol. The number of aromatic nitrogens is 3. The average molecular weight is 332 g/mol. The van der Waals surface area contributed by atoms with Gasteiger partial charge in [-0.2, -0.15) is 9.37 Å². The summed E-state index contributed by atoms with van der Waals surface area (Å²) in [7, 11) is 0. The van der Waals surface area contributed by atoms with Crippen LogP contribution in [0, 0.1) is 5.82 Å². The van der Waals surface area contributed by atoms with E-state index in [9.17, 15) is 14.0 Å². The zero-order valence-corrected chi connectivity index (χ0v) is 13.2. The van der Waals surface area contributed by atoms with Crippen LogP contribution in [0.5, 0.6) is 5.88 Å². The van der Waals surface area contributed by atoms with Gasteiger partial charge in [0.05, 0.1) is 17.8 Å². The Morgan fingerprint density at radius 2 is 2.29 bits per heavy atom. The monoisotopic (exact) mass is 332 g/mol. The van der Waals surface area contributed by atoms with Gasteiger partial charge < -0.3 is 14.6 Å². The Balaban J connectivity index is 1.66. The summed E-state index contributed by atoms with van der Waals surface area (Å²) in [4.78, 5) is 35.2. The molecule has 7 nitrogen and oxygen atoms in total. The second kappa shape index (κ2) is 6.77. The second-order valence-corrected chi connectivity index (χ2v) is 5.51.